The molecule has 0 aliphatic heterocycles. The van der Waals surface area contributed by atoms with Gasteiger partial charge in [0.1, 0.15) is 0 Å². The summed E-state index contributed by atoms with van der Waals surface area (Å²) in [5.74, 6) is 0. The average molecular weight is 167 g/mol. The van der Waals surface area contributed by atoms with Crippen molar-refractivity contribution in [3.8, 4) is 5.13 Å². The zero-order chi connectivity index (χ0) is 7.68. The zero-order valence-corrected chi connectivity index (χ0v) is 6.34. The second-order valence-electron chi connectivity index (χ2n) is 1.95. The highest BCUT2D eigenvalue weighted by atomic mass is 32.1. The van der Waals surface area contributed by atoms with Gasteiger partial charge in [0, 0.05) is 23.8 Å². The van der Waals surface area contributed by atoms with Crippen molar-refractivity contribution in [3.05, 3.63) is 34.2 Å². The van der Waals surface area contributed by atoms with Crippen molar-refractivity contribution in [1.29, 1.82) is 0 Å². The Hall–Kier alpha value is -1.36. The number of thiazole rings is 1. The predicted molar refractivity (Wildman–Crippen MR) is 42.1 cm³/mol. The van der Waals surface area contributed by atoms with Gasteiger partial charge in [-0.1, -0.05) is 0 Å². The number of rotatable bonds is 1. The third-order valence-electron chi connectivity index (χ3n) is 1.26. The van der Waals surface area contributed by atoms with Crippen LogP contribution < -0.4 is 5.56 Å². The van der Waals surface area contributed by atoms with Gasteiger partial charge in [0.05, 0.1) is 0 Å². The third-order valence-corrected chi connectivity index (χ3v) is 2.02. The summed E-state index contributed by atoms with van der Waals surface area (Å²) in [4.78, 5) is 15.0. The molecule has 4 nitrogen and oxygen atoms in total. The van der Waals surface area contributed by atoms with Gasteiger partial charge in [-0.15, -0.1) is 11.3 Å². The Labute approximate surface area is 66.1 Å². The molecule has 2 heterocycles. The van der Waals surface area contributed by atoms with Gasteiger partial charge in [0.2, 0.25) is 5.13 Å². The maximum atomic E-state index is 11.0. The van der Waals surface area contributed by atoms with Gasteiger partial charge in [0.15, 0.2) is 0 Å². The molecule has 56 valence electrons. The minimum Gasteiger partial charge on any atom is -0.296 e. The quantitative estimate of drug-likeness (QED) is 0.677. The summed E-state index contributed by atoms with van der Waals surface area (Å²) in [5.41, 5.74) is -0.0834. The fourth-order valence-electron chi connectivity index (χ4n) is 0.797. The number of nitrogens with zero attached hydrogens (tertiary/aromatic N) is 2. The Bertz CT molecular complexity index is 386. The summed E-state index contributed by atoms with van der Waals surface area (Å²) >= 11 is 1.42. The average Bonchev–Trinajstić information content (AvgIpc) is 2.55. The number of hydrogen-bond acceptors (Lipinski definition) is 3. The highest BCUT2D eigenvalue weighted by Gasteiger charge is 1.99. The Morgan fingerprint density at radius 3 is 3.09 bits per heavy atom. The fraction of sp³-hybridized carbons (Fsp3) is 0. The molecular weight excluding hydrogens is 162 g/mol. The lowest BCUT2D eigenvalue weighted by atomic mass is 10.7. The molecule has 0 saturated heterocycles. The summed E-state index contributed by atoms with van der Waals surface area (Å²) < 4.78 is 1.39. The monoisotopic (exact) mass is 167 g/mol. The van der Waals surface area contributed by atoms with Gasteiger partial charge in [0.25, 0.3) is 5.56 Å². The molecule has 2 aromatic heterocycles. The van der Waals surface area contributed by atoms with Crippen LogP contribution in [0.2, 0.25) is 0 Å². The molecule has 11 heavy (non-hydrogen) atoms. The van der Waals surface area contributed by atoms with E-state index in [1.165, 1.54) is 22.1 Å². The van der Waals surface area contributed by atoms with E-state index in [2.05, 4.69) is 10.1 Å². The molecule has 0 bridgehead atoms. The third kappa shape index (κ3) is 0.988. The van der Waals surface area contributed by atoms with Crippen LogP contribution >= 0.6 is 11.3 Å². The molecule has 0 aliphatic rings. The van der Waals surface area contributed by atoms with Crippen LogP contribution in [0.3, 0.4) is 0 Å². The van der Waals surface area contributed by atoms with E-state index < -0.39 is 0 Å². The van der Waals surface area contributed by atoms with Crippen molar-refractivity contribution in [2.75, 3.05) is 0 Å². The largest absolute Gasteiger partial charge is 0.296 e. The second-order valence-corrected chi connectivity index (χ2v) is 2.82. The first kappa shape index (κ1) is 6.36. The number of nitrogens with one attached hydrogen (secondary N) is 1. The summed E-state index contributed by atoms with van der Waals surface area (Å²) in [6.07, 6.45) is 3.25. The SMILES string of the molecule is O=c1cc[nH]n1-c1nccs1. The lowest BCUT2D eigenvalue weighted by Crippen LogP contribution is -2.12. The molecule has 2 aromatic rings. The van der Waals surface area contributed by atoms with E-state index in [-0.39, 0.29) is 5.56 Å². The molecule has 0 saturated carbocycles. The number of hydrogen-bond donors (Lipinski definition) is 1. The molecule has 0 aromatic carbocycles. The van der Waals surface area contributed by atoms with Crippen LogP contribution in [-0.2, 0) is 0 Å². The van der Waals surface area contributed by atoms with E-state index in [1.54, 1.807) is 12.4 Å². The Balaban J connectivity index is 2.62. The summed E-state index contributed by atoms with van der Waals surface area (Å²) in [5, 5.41) is 5.25. The van der Waals surface area contributed by atoms with E-state index in [9.17, 15) is 4.79 Å². The minimum atomic E-state index is -0.0834. The van der Waals surface area contributed by atoms with Crippen LogP contribution in [0.1, 0.15) is 0 Å². The predicted octanol–water partition coefficient (Wildman–Crippen LogP) is 0.622. The van der Waals surface area contributed by atoms with Crippen molar-refractivity contribution in [1.82, 2.24) is 14.8 Å². The van der Waals surface area contributed by atoms with E-state index in [0.717, 1.165) is 0 Å². The maximum absolute atomic E-state index is 11.0. The maximum Gasteiger partial charge on any atom is 0.273 e. The molecular formula is C6H5N3OS. The Kier molecular flexibility index (Phi) is 1.36. The first-order valence-corrected chi connectivity index (χ1v) is 3.92. The van der Waals surface area contributed by atoms with Crippen LogP contribution in [0.15, 0.2) is 28.6 Å². The van der Waals surface area contributed by atoms with Crippen LogP contribution in [0.5, 0.6) is 0 Å². The number of aromatic amines is 1. The van der Waals surface area contributed by atoms with Crippen molar-refractivity contribution in [3.63, 3.8) is 0 Å². The zero-order valence-electron chi connectivity index (χ0n) is 5.52. The number of aromatic nitrogens is 3. The summed E-state index contributed by atoms with van der Waals surface area (Å²) in [7, 11) is 0. The van der Waals surface area contributed by atoms with Gasteiger partial charge in [-0.2, -0.15) is 4.68 Å². The van der Waals surface area contributed by atoms with Crippen LogP contribution in [0, 0.1) is 0 Å². The van der Waals surface area contributed by atoms with Crippen molar-refractivity contribution in [2.45, 2.75) is 0 Å². The highest BCUT2D eigenvalue weighted by molar-refractivity contribution is 7.12. The molecule has 5 heteroatoms. The fourth-order valence-corrected chi connectivity index (χ4v) is 1.41. The molecule has 0 amide bonds. The smallest absolute Gasteiger partial charge is 0.273 e. The lowest BCUT2D eigenvalue weighted by Gasteiger charge is -1.91. The topological polar surface area (TPSA) is 50.7 Å². The van der Waals surface area contributed by atoms with Crippen LogP contribution in [0.4, 0.5) is 0 Å². The molecule has 0 atom stereocenters. The van der Waals surface area contributed by atoms with Gasteiger partial charge < -0.3 is 0 Å². The molecule has 0 fully saturated rings. The van der Waals surface area contributed by atoms with Crippen molar-refractivity contribution in [2.24, 2.45) is 0 Å². The molecule has 0 aliphatic carbocycles. The molecule has 0 spiro atoms. The Morgan fingerprint density at radius 1 is 1.64 bits per heavy atom. The standard InChI is InChI=1S/C6H5N3OS/c10-5-1-2-8-9(5)6-7-3-4-11-6/h1-4,8H. The molecule has 2 rings (SSSR count). The highest BCUT2D eigenvalue weighted by Crippen LogP contribution is 2.05. The Morgan fingerprint density at radius 2 is 2.55 bits per heavy atom. The molecule has 0 unspecified atom stereocenters. The summed E-state index contributed by atoms with van der Waals surface area (Å²) in [6, 6.07) is 1.46. The second kappa shape index (κ2) is 2.35. The first-order chi connectivity index (χ1) is 5.38. The van der Waals surface area contributed by atoms with Gasteiger partial charge in [-0.25, -0.2) is 4.98 Å². The van der Waals surface area contributed by atoms with E-state index in [0.29, 0.717) is 5.13 Å². The normalized spacial score (nSPS) is 10.2. The van der Waals surface area contributed by atoms with Crippen molar-refractivity contribution < 1.29 is 0 Å². The van der Waals surface area contributed by atoms with Crippen LogP contribution in [0.25, 0.3) is 5.13 Å². The molecule has 0 radical (unpaired) electrons. The van der Waals surface area contributed by atoms with E-state index >= 15 is 0 Å². The van der Waals surface area contributed by atoms with Gasteiger partial charge >= 0.3 is 0 Å². The molecule has 1 N–H and O–H groups in total. The van der Waals surface area contributed by atoms with Gasteiger partial charge in [-0.05, 0) is 0 Å². The summed E-state index contributed by atoms with van der Waals surface area (Å²) in [6.45, 7) is 0. The minimum absolute atomic E-state index is 0.0834. The van der Waals surface area contributed by atoms with E-state index in [4.69, 9.17) is 0 Å². The van der Waals surface area contributed by atoms with E-state index in [1.807, 2.05) is 5.38 Å². The van der Waals surface area contributed by atoms with Crippen LogP contribution in [-0.4, -0.2) is 14.8 Å². The van der Waals surface area contributed by atoms with Gasteiger partial charge in [-0.3, -0.25) is 9.89 Å². The number of H-pyrrole nitrogens is 1. The first-order valence-electron chi connectivity index (χ1n) is 3.04. The lowest BCUT2D eigenvalue weighted by molar-refractivity contribution is 0.840. The van der Waals surface area contributed by atoms with Crippen molar-refractivity contribution >= 4 is 11.3 Å².